The van der Waals surface area contributed by atoms with Gasteiger partial charge in [0.2, 0.25) is 0 Å². The molecular formula is C54H41N3S. The number of nitrogens with zero attached hydrogens (tertiary/aromatic N) is 2. The van der Waals surface area contributed by atoms with Crippen LogP contribution in [0.15, 0.2) is 170 Å². The minimum Gasteiger partial charge on any atom is -0.340 e. The lowest BCUT2D eigenvalue weighted by Gasteiger charge is -2.29. The van der Waals surface area contributed by atoms with Gasteiger partial charge in [0, 0.05) is 43.5 Å². The molecule has 1 N–H and O–H groups in total. The summed E-state index contributed by atoms with van der Waals surface area (Å²) in [6, 6.07) is 59.8. The second kappa shape index (κ2) is 13.4. The van der Waals surface area contributed by atoms with Crippen LogP contribution in [0.4, 0.5) is 28.6 Å². The molecule has 4 heteroatoms. The average Bonchev–Trinajstić information content (AvgIpc) is 3.74. The van der Waals surface area contributed by atoms with E-state index in [0.29, 0.717) is 0 Å². The highest BCUT2D eigenvalue weighted by Crippen LogP contribution is 2.51. The highest BCUT2D eigenvalue weighted by Gasteiger charge is 2.35. The Bertz CT molecular complexity index is 3080. The molecule has 0 atom stereocenters. The van der Waals surface area contributed by atoms with Crippen molar-refractivity contribution >= 4 is 66.2 Å². The summed E-state index contributed by atoms with van der Waals surface area (Å²) >= 11 is 1.86. The van der Waals surface area contributed by atoms with Crippen molar-refractivity contribution in [1.29, 1.82) is 0 Å². The summed E-state index contributed by atoms with van der Waals surface area (Å²) < 4.78 is 2.51. The zero-order valence-corrected chi connectivity index (χ0v) is 33.4. The van der Waals surface area contributed by atoms with E-state index in [9.17, 15) is 0 Å². The van der Waals surface area contributed by atoms with Crippen molar-refractivity contribution < 1.29 is 0 Å². The zero-order chi connectivity index (χ0) is 39.0. The molecule has 3 nitrogen and oxygen atoms in total. The summed E-state index contributed by atoms with van der Waals surface area (Å²) in [6.07, 6.45) is 4.23. The minimum absolute atomic E-state index is 0.117. The largest absolute Gasteiger partial charge is 0.340 e. The highest BCUT2D eigenvalue weighted by molar-refractivity contribution is 7.26. The molecule has 0 fully saturated rings. The summed E-state index contributed by atoms with van der Waals surface area (Å²) in [7, 11) is 0. The SMILES string of the molecule is C=Cc1ccc2c(c1)C(C)(C)c1cc(Nc3cccc(-c4cccc5sc6c(N(c7ccc(-c8ccccc8)cc7)c7ccc8c(c7)CC8)cccc6c45)n3)ccc1-2. The number of hydrogen-bond acceptors (Lipinski definition) is 4. The lowest BCUT2D eigenvalue weighted by atomic mass is 9.82. The molecule has 2 aliphatic rings. The molecule has 2 aromatic heterocycles. The second-order valence-electron chi connectivity index (χ2n) is 16.1. The Labute approximate surface area is 343 Å². The molecule has 9 aromatic rings. The summed E-state index contributed by atoms with van der Waals surface area (Å²) in [5.41, 5.74) is 18.3. The first kappa shape index (κ1) is 34.5. The Balaban J connectivity index is 0.977. The first-order valence-electron chi connectivity index (χ1n) is 20.1. The molecule has 0 saturated heterocycles. The Kier molecular flexibility index (Phi) is 7.99. The third-order valence-electron chi connectivity index (χ3n) is 12.3. The predicted octanol–water partition coefficient (Wildman–Crippen LogP) is 15.0. The molecule has 0 saturated carbocycles. The molecule has 0 spiro atoms. The lowest BCUT2D eigenvalue weighted by molar-refractivity contribution is 0.660. The molecule has 0 radical (unpaired) electrons. The van der Waals surface area contributed by atoms with E-state index in [4.69, 9.17) is 4.98 Å². The maximum atomic E-state index is 5.25. The number of rotatable bonds is 8. The monoisotopic (exact) mass is 763 g/mol. The molecule has 0 amide bonds. The van der Waals surface area contributed by atoms with Crippen LogP contribution in [0.3, 0.4) is 0 Å². The number of thiophene rings is 1. The first-order valence-corrected chi connectivity index (χ1v) is 20.9. The van der Waals surface area contributed by atoms with Gasteiger partial charge in [0.25, 0.3) is 0 Å². The molecule has 0 aliphatic heterocycles. The van der Waals surface area contributed by atoms with Crippen LogP contribution < -0.4 is 10.2 Å². The number of aromatic nitrogens is 1. The number of pyridine rings is 1. The number of benzene rings is 7. The van der Waals surface area contributed by atoms with Gasteiger partial charge in [0.15, 0.2) is 0 Å². The van der Waals surface area contributed by atoms with Gasteiger partial charge >= 0.3 is 0 Å². The third-order valence-corrected chi connectivity index (χ3v) is 13.5. The third kappa shape index (κ3) is 5.59. The van der Waals surface area contributed by atoms with Crippen molar-refractivity contribution in [3.05, 3.63) is 198 Å². The molecule has 2 aliphatic carbocycles. The predicted molar refractivity (Wildman–Crippen MR) is 247 cm³/mol. The van der Waals surface area contributed by atoms with Crippen LogP contribution in [-0.4, -0.2) is 4.98 Å². The molecule has 2 heterocycles. The van der Waals surface area contributed by atoms with E-state index >= 15 is 0 Å². The van der Waals surface area contributed by atoms with Gasteiger partial charge in [-0.05, 0) is 124 Å². The second-order valence-corrected chi connectivity index (χ2v) is 17.1. The minimum atomic E-state index is -0.117. The quantitative estimate of drug-likeness (QED) is 0.167. The van der Waals surface area contributed by atoms with Crippen molar-refractivity contribution in [2.45, 2.75) is 32.1 Å². The average molecular weight is 764 g/mol. The Morgan fingerprint density at radius 2 is 1.38 bits per heavy atom. The highest BCUT2D eigenvalue weighted by atomic mass is 32.1. The molecule has 58 heavy (non-hydrogen) atoms. The van der Waals surface area contributed by atoms with Crippen LogP contribution >= 0.6 is 11.3 Å². The van der Waals surface area contributed by atoms with Gasteiger partial charge in [-0.2, -0.15) is 0 Å². The number of fused-ring (bicyclic) bond motifs is 7. The maximum absolute atomic E-state index is 5.25. The summed E-state index contributed by atoms with van der Waals surface area (Å²) in [4.78, 5) is 7.70. The van der Waals surface area contributed by atoms with Crippen LogP contribution in [0, 0.1) is 0 Å². The van der Waals surface area contributed by atoms with Crippen molar-refractivity contribution in [2.24, 2.45) is 0 Å². The van der Waals surface area contributed by atoms with E-state index in [0.717, 1.165) is 46.9 Å². The van der Waals surface area contributed by atoms with Crippen molar-refractivity contribution in [2.75, 3.05) is 10.2 Å². The van der Waals surface area contributed by atoms with Gasteiger partial charge in [-0.15, -0.1) is 11.3 Å². The Morgan fingerprint density at radius 1 is 0.638 bits per heavy atom. The Hall–Kier alpha value is -6.75. The van der Waals surface area contributed by atoms with Crippen molar-refractivity contribution in [3.8, 4) is 33.5 Å². The topological polar surface area (TPSA) is 28.2 Å². The van der Waals surface area contributed by atoms with E-state index in [1.807, 2.05) is 17.4 Å². The van der Waals surface area contributed by atoms with Crippen LogP contribution in [-0.2, 0) is 18.3 Å². The van der Waals surface area contributed by atoms with Gasteiger partial charge in [-0.25, -0.2) is 4.98 Å². The van der Waals surface area contributed by atoms with Gasteiger partial charge in [-0.3, -0.25) is 0 Å². The molecule has 278 valence electrons. The van der Waals surface area contributed by atoms with Gasteiger partial charge in [-0.1, -0.05) is 130 Å². The van der Waals surface area contributed by atoms with Crippen LogP contribution in [0.1, 0.15) is 41.7 Å². The van der Waals surface area contributed by atoms with Crippen LogP contribution in [0.2, 0.25) is 0 Å². The van der Waals surface area contributed by atoms with E-state index in [2.05, 4.69) is 194 Å². The van der Waals surface area contributed by atoms with Gasteiger partial charge in [0.05, 0.1) is 16.1 Å². The fraction of sp³-hybridized carbons (Fsp3) is 0.0926. The molecule has 7 aromatic carbocycles. The summed E-state index contributed by atoms with van der Waals surface area (Å²) in [6.45, 7) is 8.63. The fourth-order valence-electron chi connectivity index (χ4n) is 9.17. The van der Waals surface area contributed by atoms with Crippen LogP contribution in [0.25, 0.3) is 59.8 Å². The van der Waals surface area contributed by atoms with Gasteiger partial charge < -0.3 is 10.2 Å². The number of aryl methyl sites for hydroxylation is 2. The number of hydrogen-bond donors (Lipinski definition) is 1. The van der Waals surface area contributed by atoms with E-state index in [1.165, 1.54) is 76.1 Å². The molecular weight excluding hydrogens is 723 g/mol. The molecule has 0 unspecified atom stereocenters. The van der Waals surface area contributed by atoms with Crippen LogP contribution in [0.5, 0.6) is 0 Å². The smallest absolute Gasteiger partial charge is 0.131 e. The number of nitrogens with one attached hydrogen (secondary N) is 1. The summed E-state index contributed by atoms with van der Waals surface area (Å²) in [5.74, 6) is 0.822. The zero-order valence-electron chi connectivity index (χ0n) is 32.6. The summed E-state index contributed by atoms with van der Waals surface area (Å²) in [5, 5.41) is 6.14. The van der Waals surface area contributed by atoms with Gasteiger partial charge in [0.1, 0.15) is 5.82 Å². The fourth-order valence-corrected chi connectivity index (χ4v) is 10.4. The van der Waals surface area contributed by atoms with Crippen molar-refractivity contribution in [1.82, 2.24) is 4.98 Å². The standard InChI is InChI=1S/C54H41N3S/c1-4-34-19-29-42-43-30-25-39(33-47(43)54(2,3)46(42)31-34)55-51-18-10-15-48(56-51)44-13-9-17-50-52(44)45-14-8-16-49(53(45)58-50)57(41-28-24-37-20-21-38(37)32-41)40-26-22-36(23-27-40)35-11-6-5-7-12-35/h4-19,22-33H,1,20-21H2,2-3H3,(H,55,56). The number of anilines is 5. The van der Waals surface area contributed by atoms with E-state index < -0.39 is 0 Å². The van der Waals surface area contributed by atoms with E-state index in [-0.39, 0.29) is 5.41 Å². The Morgan fingerprint density at radius 3 is 2.17 bits per heavy atom. The molecule has 11 rings (SSSR count). The molecule has 0 bridgehead atoms. The first-order chi connectivity index (χ1) is 28.4. The maximum Gasteiger partial charge on any atom is 0.131 e. The van der Waals surface area contributed by atoms with Crippen molar-refractivity contribution in [3.63, 3.8) is 0 Å². The van der Waals surface area contributed by atoms with E-state index in [1.54, 1.807) is 0 Å². The normalized spacial score (nSPS) is 13.4. The lowest BCUT2D eigenvalue weighted by Crippen LogP contribution is -2.15.